The second-order valence-corrected chi connectivity index (χ2v) is 4.90. The normalized spacial score (nSPS) is 13.0. The molecule has 3 rings (SSSR count). The van der Waals surface area contributed by atoms with Crippen LogP contribution in [0.1, 0.15) is 17.3 Å². The number of nitrogens with zero attached hydrogens (tertiary/aromatic N) is 4. The summed E-state index contributed by atoms with van der Waals surface area (Å²) in [5.41, 5.74) is 5.68. The predicted octanol–water partition coefficient (Wildman–Crippen LogP) is 0.978. The lowest BCUT2D eigenvalue weighted by Gasteiger charge is -2.15. The number of hydrogen-bond donors (Lipinski definition) is 2. The van der Waals surface area contributed by atoms with Gasteiger partial charge in [0.1, 0.15) is 0 Å². The molecule has 0 amide bonds. The van der Waals surface area contributed by atoms with Gasteiger partial charge in [0.05, 0.1) is 28.1 Å². The minimum atomic E-state index is -0.163. The van der Waals surface area contributed by atoms with Gasteiger partial charge in [0, 0.05) is 13.2 Å². The number of thiophene rings is 1. The third-order valence-electron chi connectivity index (χ3n) is 2.87. The second-order valence-electron chi connectivity index (χ2n) is 3.95. The number of aromatic nitrogens is 4. The summed E-state index contributed by atoms with van der Waals surface area (Å²) in [5.74, 6) is 5.64. The first-order valence-electron chi connectivity index (χ1n) is 5.43. The molecule has 0 aliphatic rings. The smallest absolute Gasteiger partial charge is 0.0909 e. The number of nitrogens with one attached hydrogen (secondary N) is 1. The predicted molar refractivity (Wildman–Crippen MR) is 69.8 cm³/mol. The molecule has 0 saturated heterocycles. The Balaban J connectivity index is 2.08. The van der Waals surface area contributed by atoms with Gasteiger partial charge >= 0.3 is 0 Å². The van der Waals surface area contributed by atoms with E-state index in [0.717, 1.165) is 21.5 Å². The van der Waals surface area contributed by atoms with Crippen molar-refractivity contribution < 1.29 is 0 Å². The molecule has 3 aromatic rings. The van der Waals surface area contributed by atoms with E-state index in [1.807, 2.05) is 24.7 Å². The Morgan fingerprint density at radius 1 is 1.44 bits per heavy atom. The molecular formula is C11H12N6S. The van der Waals surface area contributed by atoms with Crippen molar-refractivity contribution in [1.82, 2.24) is 25.4 Å². The maximum absolute atomic E-state index is 5.64. The van der Waals surface area contributed by atoms with E-state index in [0.29, 0.717) is 0 Å². The number of rotatable bonds is 3. The summed E-state index contributed by atoms with van der Waals surface area (Å²) in [6.45, 7) is 0. The van der Waals surface area contributed by atoms with Crippen molar-refractivity contribution in [3.05, 3.63) is 41.2 Å². The van der Waals surface area contributed by atoms with Crippen LogP contribution in [0.2, 0.25) is 0 Å². The van der Waals surface area contributed by atoms with Crippen LogP contribution in [0.15, 0.2) is 29.9 Å². The van der Waals surface area contributed by atoms with E-state index in [-0.39, 0.29) is 6.04 Å². The molecule has 0 aromatic carbocycles. The Hall–Kier alpha value is -1.83. The highest BCUT2D eigenvalue weighted by atomic mass is 32.1. The maximum atomic E-state index is 5.64. The lowest BCUT2D eigenvalue weighted by molar-refractivity contribution is 0.569. The molecular weight excluding hydrogens is 248 g/mol. The molecule has 0 fully saturated rings. The molecule has 92 valence electrons. The molecule has 3 N–H and O–H groups in total. The first kappa shape index (κ1) is 11.3. The summed E-state index contributed by atoms with van der Waals surface area (Å²) in [5, 5.41) is 9.81. The summed E-state index contributed by atoms with van der Waals surface area (Å²) in [6.07, 6.45) is 3.52. The van der Waals surface area contributed by atoms with Gasteiger partial charge in [-0.25, -0.2) is 5.43 Å². The van der Waals surface area contributed by atoms with Crippen molar-refractivity contribution in [2.24, 2.45) is 12.9 Å². The van der Waals surface area contributed by atoms with Gasteiger partial charge in [0.2, 0.25) is 0 Å². The lowest BCUT2D eigenvalue weighted by Crippen LogP contribution is -2.30. The van der Waals surface area contributed by atoms with Gasteiger partial charge in [-0.05, 0) is 23.1 Å². The van der Waals surface area contributed by atoms with E-state index in [9.17, 15) is 0 Å². The molecule has 0 bridgehead atoms. The quantitative estimate of drug-likeness (QED) is 0.542. The summed E-state index contributed by atoms with van der Waals surface area (Å²) < 4.78 is 2.84. The van der Waals surface area contributed by atoms with Gasteiger partial charge in [-0.1, -0.05) is 5.21 Å². The van der Waals surface area contributed by atoms with Crippen molar-refractivity contribution in [2.75, 3.05) is 0 Å². The Bertz CT molecular complexity index is 673. The number of nitrogens with two attached hydrogens (primary N) is 1. The summed E-state index contributed by atoms with van der Waals surface area (Å²) in [6, 6.07) is 3.93. The van der Waals surface area contributed by atoms with Gasteiger partial charge in [-0.15, -0.1) is 16.4 Å². The van der Waals surface area contributed by atoms with Crippen LogP contribution in [-0.4, -0.2) is 20.0 Å². The molecule has 0 aliphatic carbocycles. The zero-order valence-corrected chi connectivity index (χ0v) is 10.6. The fourth-order valence-corrected chi connectivity index (χ4v) is 2.72. The van der Waals surface area contributed by atoms with Crippen LogP contribution >= 0.6 is 11.3 Å². The number of fused-ring (bicyclic) bond motifs is 1. The second kappa shape index (κ2) is 4.45. The van der Waals surface area contributed by atoms with Crippen LogP contribution in [-0.2, 0) is 7.05 Å². The highest BCUT2D eigenvalue weighted by molar-refractivity contribution is 7.17. The van der Waals surface area contributed by atoms with E-state index in [2.05, 4.69) is 26.8 Å². The summed E-state index contributed by atoms with van der Waals surface area (Å²) in [7, 11) is 1.84. The highest BCUT2D eigenvalue weighted by Gasteiger charge is 2.17. The van der Waals surface area contributed by atoms with Crippen molar-refractivity contribution in [3.63, 3.8) is 0 Å². The van der Waals surface area contributed by atoms with Crippen molar-refractivity contribution >= 4 is 21.6 Å². The molecule has 0 spiro atoms. The zero-order chi connectivity index (χ0) is 12.5. The maximum Gasteiger partial charge on any atom is 0.0909 e. The van der Waals surface area contributed by atoms with Crippen LogP contribution in [0.5, 0.6) is 0 Å². The van der Waals surface area contributed by atoms with Crippen molar-refractivity contribution in [1.29, 1.82) is 0 Å². The topological polar surface area (TPSA) is 81.7 Å². The fraction of sp³-hybridized carbons (Fsp3) is 0.182. The molecule has 1 atom stereocenters. The van der Waals surface area contributed by atoms with Gasteiger partial charge in [0.15, 0.2) is 0 Å². The molecule has 0 saturated carbocycles. The van der Waals surface area contributed by atoms with Crippen LogP contribution in [0, 0.1) is 0 Å². The Kier molecular flexibility index (Phi) is 2.78. The van der Waals surface area contributed by atoms with Crippen LogP contribution < -0.4 is 11.3 Å². The van der Waals surface area contributed by atoms with Gasteiger partial charge in [-0.3, -0.25) is 15.5 Å². The Morgan fingerprint density at radius 3 is 3.06 bits per heavy atom. The largest absolute Gasteiger partial charge is 0.271 e. The van der Waals surface area contributed by atoms with E-state index < -0.39 is 0 Å². The standard InChI is InChI=1S/C11H12N6S/c1-17-9(6-14-16-17)11(15-12)7-4-10-8(13-5-7)2-3-18-10/h2-6,11,15H,12H2,1H3. The lowest BCUT2D eigenvalue weighted by atomic mass is 10.1. The fourth-order valence-electron chi connectivity index (χ4n) is 1.93. The summed E-state index contributed by atoms with van der Waals surface area (Å²) in [4.78, 5) is 4.41. The van der Waals surface area contributed by atoms with E-state index in [1.54, 1.807) is 22.2 Å². The highest BCUT2D eigenvalue weighted by Crippen LogP contribution is 2.25. The SMILES string of the molecule is Cn1nncc1C(NN)c1cnc2ccsc2c1. The van der Waals surface area contributed by atoms with Gasteiger partial charge < -0.3 is 0 Å². The van der Waals surface area contributed by atoms with Crippen molar-refractivity contribution in [2.45, 2.75) is 6.04 Å². The zero-order valence-electron chi connectivity index (χ0n) is 9.74. The molecule has 6 nitrogen and oxygen atoms in total. The third kappa shape index (κ3) is 1.78. The molecule has 3 aromatic heterocycles. The number of pyridine rings is 1. The molecule has 18 heavy (non-hydrogen) atoms. The van der Waals surface area contributed by atoms with Crippen molar-refractivity contribution in [3.8, 4) is 0 Å². The molecule has 0 aliphatic heterocycles. The van der Waals surface area contributed by atoms with Crippen LogP contribution in [0.25, 0.3) is 10.2 Å². The molecule has 1 unspecified atom stereocenters. The van der Waals surface area contributed by atoms with E-state index in [4.69, 9.17) is 5.84 Å². The molecule has 3 heterocycles. The average Bonchev–Trinajstić information content (AvgIpc) is 2.99. The molecule has 7 heteroatoms. The number of hydrogen-bond acceptors (Lipinski definition) is 6. The molecule has 0 radical (unpaired) electrons. The Labute approximate surface area is 107 Å². The van der Waals surface area contributed by atoms with Gasteiger partial charge in [-0.2, -0.15) is 0 Å². The first-order chi connectivity index (χ1) is 8.79. The first-order valence-corrected chi connectivity index (χ1v) is 6.31. The summed E-state index contributed by atoms with van der Waals surface area (Å²) >= 11 is 1.66. The minimum Gasteiger partial charge on any atom is -0.271 e. The third-order valence-corrected chi connectivity index (χ3v) is 3.72. The number of aryl methyl sites for hydroxylation is 1. The number of hydrazine groups is 1. The minimum absolute atomic E-state index is 0.163. The van der Waals surface area contributed by atoms with E-state index >= 15 is 0 Å². The van der Waals surface area contributed by atoms with Gasteiger partial charge in [0.25, 0.3) is 0 Å². The van der Waals surface area contributed by atoms with E-state index in [1.165, 1.54) is 0 Å². The van der Waals surface area contributed by atoms with Crippen LogP contribution in [0.3, 0.4) is 0 Å². The monoisotopic (exact) mass is 260 g/mol. The average molecular weight is 260 g/mol. The van der Waals surface area contributed by atoms with Crippen LogP contribution in [0.4, 0.5) is 0 Å². The Morgan fingerprint density at radius 2 is 2.33 bits per heavy atom.